The monoisotopic (exact) mass is 469 g/mol. The molecule has 0 aliphatic rings. The molecule has 3 aromatic carbocycles. The first-order chi connectivity index (χ1) is 15.7. The van der Waals surface area contributed by atoms with Gasteiger partial charge in [0, 0.05) is 6.54 Å². The lowest BCUT2D eigenvalue weighted by atomic mass is 9.88. The Labute approximate surface area is 196 Å². The molecule has 0 saturated carbocycles. The Balaban J connectivity index is 0.000000696. The van der Waals surface area contributed by atoms with Gasteiger partial charge in [-0.2, -0.15) is 8.42 Å². The fourth-order valence-corrected chi connectivity index (χ4v) is 3.35. The molecule has 2 N–H and O–H groups in total. The summed E-state index contributed by atoms with van der Waals surface area (Å²) < 4.78 is 37.5. The zero-order valence-electron chi connectivity index (χ0n) is 19.2. The summed E-state index contributed by atoms with van der Waals surface area (Å²) in [6, 6.07) is 29.8. The van der Waals surface area contributed by atoms with E-state index in [1.807, 2.05) is 0 Å². The van der Waals surface area contributed by atoms with Crippen LogP contribution in [-0.4, -0.2) is 49.7 Å². The average Bonchev–Trinajstić information content (AvgIpc) is 2.78. The van der Waals surface area contributed by atoms with Crippen LogP contribution in [0.15, 0.2) is 84.9 Å². The van der Waals surface area contributed by atoms with Crippen LogP contribution in [0.4, 0.5) is 0 Å². The van der Waals surface area contributed by atoms with Gasteiger partial charge in [-0.25, -0.2) is 0 Å². The number of hydrogen-bond acceptors (Lipinski definition) is 4. The summed E-state index contributed by atoms with van der Waals surface area (Å²) in [5, 5.41) is 0. The predicted molar refractivity (Wildman–Crippen MR) is 134 cm³/mol. The Morgan fingerprint density at radius 2 is 1.24 bits per heavy atom. The van der Waals surface area contributed by atoms with Crippen LogP contribution in [0.5, 0.6) is 5.75 Å². The third kappa shape index (κ3) is 9.59. The predicted octanol–water partition coefficient (Wildman–Crippen LogP) is 5.34. The van der Waals surface area contributed by atoms with Crippen molar-refractivity contribution in [2.24, 2.45) is 0 Å². The van der Waals surface area contributed by atoms with Gasteiger partial charge in [0.15, 0.2) is 0 Å². The van der Waals surface area contributed by atoms with Crippen molar-refractivity contribution in [1.82, 2.24) is 4.90 Å². The molecule has 0 aliphatic carbocycles. The second-order valence-corrected chi connectivity index (χ2v) is 8.46. The van der Waals surface area contributed by atoms with Crippen molar-refractivity contribution in [2.45, 2.75) is 13.3 Å². The van der Waals surface area contributed by atoms with Gasteiger partial charge in [-0.05, 0) is 60.5 Å². The van der Waals surface area contributed by atoms with Gasteiger partial charge in [0.2, 0.25) is 0 Å². The van der Waals surface area contributed by atoms with Gasteiger partial charge in [0.05, 0.1) is 0 Å². The lowest BCUT2D eigenvalue weighted by Gasteiger charge is -2.17. The Kier molecular flexibility index (Phi) is 10.3. The van der Waals surface area contributed by atoms with Crippen molar-refractivity contribution in [1.29, 1.82) is 0 Å². The third-order valence-electron chi connectivity index (χ3n) is 4.79. The van der Waals surface area contributed by atoms with Crippen LogP contribution < -0.4 is 4.74 Å². The van der Waals surface area contributed by atoms with Gasteiger partial charge in [0.1, 0.15) is 12.4 Å². The van der Waals surface area contributed by atoms with Crippen LogP contribution >= 0.6 is 0 Å². The van der Waals surface area contributed by atoms with Crippen LogP contribution in [0, 0.1) is 0 Å². The van der Waals surface area contributed by atoms with Crippen molar-refractivity contribution in [2.75, 3.05) is 27.2 Å². The molecule has 0 atom stereocenters. The van der Waals surface area contributed by atoms with Gasteiger partial charge in [-0.1, -0.05) is 79.7 Å². The van der Waals surface area contributed by atoms with E-state index in [1.54, 1.807) is 0 Å². The summed E-state index contributed by atoms with van der Waals surface area (Å²) in [6.07, 6.45) is 0.968. The molecule has 0 heterocycles. The van der Waals surface area contributed by atoms with E-state index < -0.39 is 10.4 Å². The maximum absolute atomic E-state index is 8.74. The zero-order valence-corrected chi connectivity index (χ0v) is 20.0. The smallest absolute Gasteiger partial charge is 0.394 e. The third-order valence-corrected chi connectivity index (χ3v) is 4.79. The second kappa shape index (κ2) is 12.9. The minimum absolute atomic E-state index is 0.692. The van der Waals surface area contributed by atoms with Gasteiger partial charge in [-0.3, -0.25) is 9.11 Å². The molecule has 0 amide bonds. The minimum atomic E-state index is -4.67. The maximum atomic E-state index is 8.74. The summed E-state index contributed by atoms with van der Waals surface area (Å²) in [5.74, 6) is 0.913. The molecule has 0 fully saturated rings. The summed E-state index contributed by atoms with van der Waals surface area (Å²) >= 11 is 0. The van der Waals surface area contributed by atoms with Crippen molar-refractivity contribution >= 4 is 21.5 Å². The first-order valence-corrected chi connectivity index (χ1v) is 12.0. The molecule has 3 rings (SSSR count). The normalized spacial score (nSPS) is 11.9. The average molecular weight is 470 g/mol. The lowest BCUT2D eigenvalue weighted by Crippen LogP contribution is -2.19. The highest BCUT2D eigenvalue weighted by molar-refractivity contribution is 7.79. The molecule has 0 aromatic heterocycles. The Bertz CT molecular complexity index is 1100. The summed E-state index contributed by atoms with van der Waals surface area (Å²) in [5.41, 5.74) is 6.37. The Morgan fingerprint density at radius 3 is 1.70 bits per heavy atom. The van der Waals surface area contributed by atoms with E-state index in [2.05, 4.69) is 111 Å². The van der Waals surface area contributed by atoms with Crippen molar-refractivity contribution in [3.63, 3.8) is 0 Å². The fraction of sp³-hybridized carbons (Fsp3) is 0.231. The largest absolute Gasteiger partial charge is 0.492 e. The minimum Gasteiger partial charge on any atom is -0.492 e. The molecule has 0 spiro atoms. The highest BCUT2D eigenvalue weighted by atomic mass is 32.3. The van der Waals surface area contributed by atoms with Crippen LogP contribution in [0.25, 0.3) is 11.1 Å². The summed E-state index contributed by atoms with van der Waals surface area (Å²) in [7, 11) is -0.557. The van der Waals surface area contributed by atoms with Gasteiger partial charge < -0.3 is 9.64 Å². The molecule has 0 unspecified atom stereocenters. The van der Waals surface area contributed by atoms with Gasteiger partial charge in [0.25, 0.3) is 0 Å². The van der Waals surface area contributed by atoms with Crippen molar-refractivity contribution < 1.29 is 22.3 Å². The number of benzene rings is 3. The zero-order chi connectivity index (χ0) is 24.3. The lowest BCUT2D eigenvalue weighted by molar-refractivity contribution is 0.261. The van der Waals surface area contributed by atoms with Crippen LogP contribution in [-0.2, 0) is 10.4 Å². The number of hydrogen-bond donors (Lipinski definition) is 2. The highest BCUT2D eigenvalue weighted by Crippen LogP contribution is 2.34. The molecule has 0 radical (unpaired) electrons. The summed E-state index contributed by atoms with van der Waals surface area (Å²) in [4.78, 5) is 2.12. The quantitative estimate of drug-likeness (QED) is 0.342. The SMILES string of the molecule is CC/C(=C(\c1ccccc1)c1ccc(OCCN(C)C)cc1)c1ccccc1.O=S(=O)(O)O. The standard InChI is InChI=1S/C26H29NO.H2O4S/c1-4-25(21-11-7-5-8-12-21)26(22-13-9-6-10-14-22)23-15-17-24(18-16-23)28-20-19-27(2)3;1-5(2,3)4/h5-18H,4,19-20H2,1-3H3;(H2,1,2,3,4)/b26-25-;. The van der Waals surface area contributed by atoms with E-state index in [0.29, 0.717) is 6.61 Å². The molecular formula is C26H31NO5S. The second-order valence-electron chi connectivity index (χ2n) is 7.56. The maximum Gasteiger partial charge on any atom is 0.394 e. The fourth-order valence-electron chi connectivity index (χ4n) is 3.35. The van der Waals surface area contributed by atoms with Crippen molar-refractivity contribution in [3.8, 4) is 5.75 Å². The van der Waals surface area contributed by atoms with Gasteiger partial charge >= 0.3 is 10.4 Å². The molecule has 0 aliphatic heterocycles. The van der Waals surface area contributed by atoms with Gasteiger partial charge in [-0.15, -0.1) is 0 Å². The van der Waals surface area contributed by atoms with Crippen LogP contribution in [0.1, 0.15) is 30.0 Å². The van der Waals surface area contributed by atoms with E-state index in [0.717, 1.165) is 18.7 Å². The van der Waals surface area contributed by atoms with E-state index in [4.69, 9.17) is 22.3 Å². The first-order valence-electron chi connectivity index (χ1n) is 10.6. The van der Waals surface area contributed by atoms with E-state index in [-0.39, 0.29) is 0 Å². The number of nitrogens with zero attached hydrogens (tertiary/aromatic N) is 1. The number of likely N-dealkylation sites (N-methyl/N-ethyl adjacent to an activating group) is 1. The molecule has 33 heavy (non-hydrogen) atoms. The van der Waals surface area contributed by atoms with E-state index >= 15 is 0 Å². The Hall–Kier alpha value is -2.97. The summed E-state index contributed by atoms with van der Waals surface area (Å²) in [6.45, 7) is 3.83. The first kappa shape index (κ1) is 26.3. The molecule has 6 nitrogen and oxygen atoms in total. The van der Waals surface area contributed by atoms with Crippen LogP contribution in [0.2, 0.25) is 0 Å². The number of allylic oxidation sites excluding steroid dienone is 1. The van der Waals surface area contributed by atoms with E-state index in [9.17, 15) is 0 Å². The Morgan fingerprint density at radius 1 is 0.788 bits per heavy atom. The molecule has 3 aromatic rings. The number of rotatable bonds is 8. The molecular weight excluding hydrogens is 438 g/mol. The van der Waals surface area contributed by atoms with Crippen molar-refractivity contribution in [3.05, 3.63) is 102 Å². The molecule has 176 valence electrons. The van der Waals surface area contributed by atoms with Crippen LogP contribution in [0.3, 0.4) is 0 Å². The van der Waals surface area contributed by atoms with E-state index in [1.165, 1.54) is 27.8 Å². The molecule has 0 saturated heterocycles. The number of ether oxygens (including phenoxy) is 1. The molecule has 0 bridgehead atoms. The molecule has 7 heteroatoms. The highest BCUT2D eigenvalue weighted by Gasteiger charge is 2.13. The topological polar surface area (TPSA) is 87.1 Å².